The zero-order valence-corrected chi connectivity index (χ0v) is 10.2. The SMILES string of the molecule is CCC(C)CN(CC)C(=O)COCC(=O)O. The summed E-state index contributed by atoms with van der Waals surface area (Å²) in [7, 11) is 0. The second kappa shape index (κ2) is 8.10. The van der Waals surface area contributed by atoms with Crippen LogP contribution in [-0.4, -0.2) is 48.2 Å². The van der Waals surface area contributed by atoms with E-state index in [4.69, 9.17) is 9.84 Å². The van der Waals surface area contributed by atoms with Crippen molar-refractivity contribution in [1.29, 1.82) is 0 Å². The highest BCUT2D eigenvalue weighted by atomic mass is 16.5. The Morgan fingerprint density at radius 2 is 1.94 bits per heavy atom. The molecule has 0 fully saturated rings. The molecule has 1 unspecified atom stereocenters. The van der Waals surface area contributed by atoms with E-state index in [-0.39, 0.29) is 12.5 Å². The minimum atomic E-state index is -1.06. The molecule has 0 aromatic heterocycles. The van der Waals surface area contributed by atoms with Crippen LogP contribution in [0.15, 0.2) is 0 Å². The van der Waals surface area contributed by atoms with Crippen molar-refractivity contribution in [1.82, 2.24) is 4.90 Å². The molecule has 5 heteroatoms. The smallest absolute Gasteiger partial charge is 0.329 e. The molecule has 0 aromatic rings. The van der Waals surface area contributed by atoms with E-state index in [9.17, 15) is 9.59 Å². The second-order valence-electron chi connectivity index (χ2n) is 3.83. The van der Waals surface area contributed by atoms with Gasteiger partial charge in [0, 0.05) is 13.1 Å². The third kappa shape index (κ3) is 6.40. The number of carbonyl (C=O) groups is 2. The summed E-state index contributed by atoms with van der Waals surface area (Å²) >= 11 is 0. The Morgan fingerprint density at radius 3 is 2.38 bits per heavy atom. The van der Waals surface area contributed by atoms with Crippen molar-refractivity contribution < 1.29 is 19.4 Å². The molecule has 0 heterocycles. The summed E-state index contributed by atoms with van der Waals surface area (Å²) < 4.78 is 4.76. The summed E-state index contributed by atoms with van der Waals surface area (Å²) in [6.07, 6.45) is 1.01. The van der Waals surface area contributed by atoms with Crippen molar-refractivity contribution in [2.75, 3.05) is 26.3 Å². The van der Waals surface area contributed by atoms with Crippen LogP contribution in [0.3, 0.4) is 0 Å². The monoisotopic (exact) mass is 231 g/mol. The molecule has 0 aliphatic rings. The Kier molecular flexibility index (Phi) is 7.54. The van der Waals surface area contributed by atoms with Gasteiger partial charge in [0.2, 0.25) is 5.91 Å². The van der Waals surface area contributed by atoms with E-state index < -0.39 is 12.6 Å². The van der Waals surface area contributed by atoms with E-state index in [1.54, 1.807) is 4.90 Å². The first-order valence-corrected chi connectivity index (χ1v) is 5.58. The number of aliphatic carboxylic acids is 1. The number of hydrogen-bond donors (Lipinski definition) is 1. The number of nitrogens with zero attached hydrogens (tertiary/aromatic N) is 1. The molecule has 1 amide bonds. The summed E-state index contributed by atoms with van der Waals surface area (Å²) in [4.78, 5) is 23.5. The van der Waals surface area contributed by atoms with Gasteiger partial charge in [-0.15, -0.1) is 0 Å². The maximum Gasteiger partial charge on any atom is 0.329 e. The lowest BCUT2D eigenvalue weighted by molar-refractivity contribution is -0.146. The molecule has 1 N–H and O–H groups in total. The predicted octanol–water partition coefficient (Wildman–Crippen LogP) is 0.982. The van der Waals surface area contributed by atoms with Crippen LogP contribution in [0.25, 0.3) is 0 Å². The number of ether oxygens (including phenoxy) is 1. The molecule has 16 heavy (non-hydrogen) atoms. The maximum absolute atomic E-state index is 11.6. The molecular formula is C11H21NO4. The Balaban J connectivity index is 3.96. The fraction of sp³-hybridized carbons (Fsp3) is 0.818. The van der Waals surface area contributed by atoms with E-state index in [1.165, 1.54) is 0 Å². The number of carboxylic acid groups (broad SMARTS) is 1. The standard InChI is InChI=1S/C11H21NO4/c1-4-9(3)6-12(5-2)10(13)7-16-8-11(14)15/h9H,4-8H2,1-3H3,(H,14,15). The molecule has 1 atom stereocenters. The number of amides is 1. The van der Waals surface area contributed by atoms with Crippen LogP contribution < -0.4 is 0 Å². The normalized spacial score (nSPS) is 12.2. The summed E-state index contributed by atoms with van der Waals surface area (Å²) in [5, 5.41) is 8.36. The van der Waals surface area contributed by atoms with Crippen molar-refractivity contribution in [2.45, 2.75) is 27.2 Å². The van der Waals surface area contributed by atoms with E-state index >= 15 is 0 Å². The largest absolute Gasteiger partial charge is 0.480 e. The number of carbonyl (C=O) groups excluding carboxylic acids is 1. The highest BCUT2D eigenvalue weighted by molar-refractivity contribution is 5.78. The van der Waals surface area contributed by atoms with Gasteiger partial charge in [0.1, 0.15) is 13.2 Å². The highest BCUT2D eigenvalue weighted by Crippen LogP contribution is 2.04. The quantitative estimate of drug-likeness (QED) is 0.676. The van der Waals surface area contributed by atoms with E-state index in [0.717, 1.165) is 6.42 Å². The summed E-state index contributed by atoms with van der Waals surface area (Å²) in [5.41, 5.74) is 0. The first-order valence-electron chi connectivity index (χ1n) is 5.58. The average molecular weight is 231 g/mol. The lowest BCUT2D eigenvalue weighted by atomic mass is 10.1. The molecule has 5 nitrogen and oxygen atoms in total. The van der Waals surface area contributed by atoms with Crippen molar-refractivity contribution in [3.63, 3.8) is 0 Å². The molecule has 0 saturated heterocycles. The van der Waals surface area contributed by atoms with Gasteiger partial charge in [0.15, 0.2) is 0 Å². The molecule has 0 saturated carbocycles. The molecule has 0 radical (unpaired) electrons. The zero-order chi connectivity index (χ0) is 12.6. The van der Waals surface area contributed by atoms with Crippen molar-refractivity contribution in [3.8, 4) is 0 Å². The topological polar surface area (TPSA) is 66.8 Å². The molecule has 0 aliphatic heterocycles. The minimum absolute atomic E-state index is 0.149. The fourth-order valence-corrected chi connectivity index (χ4v) is 1.23. The van der Waals surface area contributed by atoms with E-state index in [1.807, 2.05) is 6.92 Å². The van der Waals surface area contributed by atoms with Crippen molar-refractivity contribution in [3.05, 3.63) is 0 Å². The van der Waals surface area contributed by atoms with Crippen LogP contribution in [0.1, 0.15) is 27.2 Å². The van der Waals surface area contributed by atoms with Gasteiger partial charge in [0.05, 0.1) is 0 Å². The van der Waals surface area contributed by atoms with Gasteiger partial charge in [-0.2, -0.15) is 0 Å². The molecule has 0 spiro atoms. The van der Waals surface area contributed by atoms with E-state index in [2.05, 4.69) is 13.8 Å². The van der Waals surface area contributed by atoms with Crippen molar-refractivity contribution in [2.24, 2.45) is 5.92 Å². The van der Waals surface area contributed by atoms with Gasteiger partial charge in [-0.05, 0) is 12.8 Å². The number of rotatable bonds is 8. The number of hydrogen-bond acceptors (Lipinski definition) is 3. The van der Waals surface area contributed by atoms with Crippen molar-refractivity contribution >= 4 is 11.9 Å². The average Bonchev–Trinajstić information content (AvgIpc) is 2.24. The first kappa shape index (κ1) is 14.9. The molecule has 0 rings (SSSR count). The summed E-state index contributed by atoms with van der Waals surface area (Å²) in [6.45, 7) is 6.79. The third-order valence-electron chi connectivity index (χ3n) is 2.41. The van der Waals surface area contributed by atoms with Crippen LogP contribution in [0.2, 0.25) is 0 Å². The number of carboxylic acids is 1. The second-order valence-corrected chi connectivity index (χ2v) is 3.83. The van der Waals surface area contributed by atoms with Gasteiger partial charge >= 0.3 is 5.97 Å². The Morgan fingerprint density at radius 1 is 1.31 bits per heavy atom. The van der Waals surface area contributed by atoms with Crippen LogP contribution in [0.4, 0.5) is 0 Å². The van der Waals surface area contributed by atoms with Crippen LogP contribution in [0.5, 0.6) is 0 Å². The van der Waals surface area contributed by atoms with Crippen LogP contribution in [0, 0.1) is 5.92 Å². The van der Waals surface area contributed by atoms with Gasteiger partial charge < -0.3 is 14.7 Å². The molecule has 94 valence electrons. The zero-order valence-electron chi connectivity index (χ0n) is 10.2. The molecule has 0 aromatic carbocycles. The molecular weight excluding hydrogens is 210 g/mol. The summed E-state index contributed by atoms with van der Waals surface area (Å²) in [6, 6.07) is 0. The van der Waals surface area contributed by atoms with Crippen LogP contribution in [-0.2, 0) is 14.3 Å². The van der Waals surface area contributed by atoms with Gasteiger partial charge in [-0.25, -0.2) is 4.79 Å². The predicted molar refractivity (Wildman–Crippen MR) is 60.2 cm³/mol. The van der Waals surface area contributed by atoms with Gasteiger partial charge in [0.25, 0.3) is 0 Å². The molecule has 0 bridgehead atoms. The Labute approximate surface area is 96.4 Å². The van der Waals surface area contributed by atoms with E-state index in [0.29, 0.717) is 19.0 Å². The Hall–Kier alpha value is -1.10. The molecule has 0 aliphatic carbocycles. The lowest BCUT2D eigenvalue weighted by Gasteiger charge is -2.23. The minimum Gasteiger partial charge on any atom is -0.480 e. The highest BCUT2D eigenvalue weighted by Gasteiger charge is 2.14. The fourth-order valence-electron chi connectivity index (χ4n) is 1.23. The van der Waals surface area contributed by atoms with Gasteiger partial charge in [-0.1, -0.05) is 20.3 Å². The summed E-state index contributed by atoms with van der Waals surface area (Å²) in [5.74, 6) is -0.759. The first-order chi connectivity index (χ1) is 7.51. The van der Waals surface area contributed by atoms with Crippen LogP contribution >= 0.6 is 0 Å². The Bertz CT molecular complexity index is 230. The lowest BCUT2D eigenvalue weighted by Crippen LogP contribution is -2.37. The number of likely N-dealkylation sites (N-methyl/N-ethyl adjacent to an activating group) is 1. The van der Waals surface area contributed by atoms with Gasteiger partial charge in [-0.3, -0.25) is 4.79 Å². The maximum atomic E-state index is 11.6. The third-order valence-corrected chi connectivity index (χ3v) is 2.41.